The highest BCUT2D eigenvalue weighted by molar-refractivity contribution is 7.17. The van der Waals surface area contributed by atoms with Crippen molar-refractivity contribution in [2.24, 2.45) is 5.92 Å². The van der Waals surface area contributed by atoms with Gasteiger partial charge in [-0.15, -0.1) is 0 Å². The van der Waals surface area contributed by atoms with Crippen molar-refractivity contribution < 1.29 is 9.59 Å². The van der Waals surface area contributed by atoms with Crippen LogP contribution in [0.25, 0.3) is 0 Å². The second-order valence-electron chi connectivity index (χ2n) is 5.89. The Balaban J connectivity index is 1.69. The lowest BCUT2D eigenvalue weighted by atomic mass is 9.89. The van der Waals surface area contributed by atoms with Crippen LogP contribution in [-0.4, -0.2) is 45.8 Å². The molecule has 2 heterocycles. The van der Waals surface area contributed by atoms with Gasteiger partial charge in [-0.25, -0.2) is 9.97 Å². The molecular weight excluding hydrogens is 314 g/mol. The molecule has 1 aliphatic rings. The number of nitrogens with one attached hydrogen (secondary N) is 2. The van der Waals surface area contributed by atoms with E-state index in [2.05, 4.69) is 20.3 Å². The molecule has 23 heavy (non-hydrogen) atoms. The summed E-state index contributed by atoms with van der Waals surface area (Å²) in [5.74, 6) is -0.247. The number of nitrogens with zero attached hydrogens (tertiary/aromatic N) is 3. The maximum absolute atomic E-state index is 12.4. The Bertz CT molecular complexity index is 749. The number of aromatic amines is 1. The summed E-state index contributed by atoms with van der Waals surface area (Å²) in [7, 11) is 3.40. The van der Waals surface area contributed by atoms with E-state index in [4.69, 9.17) is 0 Å². The number of carbonyl (C=O) groups excluding carboxylic acids is 2. The van der Waals surface area contributed by atoms with Gasteiger partial charge in [0.25, 0.3) is 5.91 Å². The maximum atomic E-state index is 12.4. The van der Waals surface area contributed by atoms with Crippen molar-refractivity contribution in [3.63, 3.8) is 0 Å². The number of anilines is 1. The van der Waals surface area contributed by atoms with E-state index in [9.17, 15) is 9.59 Å². The summed E-state index contributed by atoms with van der Waals surface area (Å²) in [6.07, 6.45) is 3.92. The highest BCUT2D eigenvalue weighted by Gasteiger charge is 2.27. The van der Waals surface area contributed by atoms with Crippen LogP contribution in [-0.2, 0) is 17.6 Å². The highest BCUT2D eigenvalue weighted by atomic mass is 32.1. The first-order valence-electron chi connectivity index (χ1n) is 7.46. The predicted octanol–water partition coefficient (Wildman–Crippen LogP) is 1.62. The predicted molar refractivity (Wildman–Crippen MR) is 87.6 cm³/mol. The normalized spacial score (nSPS) is 16.7. The Labute approximate surface area is 138 Å². The van der Waals surface area contributed by atoms with Crippen LogP contribution in [0.1, 0.15) is 33.2 Å². The molecule has 0 aromatic carbocycles. The molecule has 2 aromatic heterocycles. The van der Waals surface area contributed by atoms with Gasteiger partial charge in [0.15, 0.2) is 5.13 Å². The quantitative estimate of drug-likeness (QED) is 0.893. The van der Waals surface area contributed by atoms with E-state index in [1.165, 1.54) is 16.2 Å². The first kappa shape index (κ1) is 15.7. The number of amides is 2. The number of aryl methyl sites for hydroxylation is 2. The van der Waals surface area contributed by atoms with Gasteiger partial charge in [-0.3, -0.25) is 9.59 Å². The summed E-state index contributed by atoms with van der Waals surface area (Å²) < 4.78 is 0. The lowest BCUT2D eigenvalue weighted by Crippen LogP contribution is -2.28. The largest absolute Gasteiger partial charge is 0.348 e. The van der Waals surface area contributed by atoms with Crippen molar-refractivity contribution in [2.75, 3.05) is 19.4 Å². The fourth-order valence-electron chi connectivity index (χ4n) is 2.68. The number of fused-ring (bicyclic) bond motifs is 1. The summed E-state index contributed by atoms with van der Waals surface area (Å²) in [5.41, 5.74) is 2.73. The van der Waals surface area contributed by atoms with Gasteiger partial charge in [-0.2, -0.15) is 0 Å². The average molecular weight is 333 g/mol. The Kier molecular flexibility index (Phi) is 4.16. The van der Waals surface area contributed by atoms with Crippen LogP contribution >= 0.6 is 11.3 Å². The smallest absolute Gasteiger partial charge is 0.265 e. The average Bonchev–Trinajstić information content (AvgIpc) is 3.11. The number of H-pyrrole nitrogens is 1. The molecule has 2 N–H and O–H groups in total. The van der Waals surface area contributed by atoms with Crippen molar-refractivity contribution in [3.8, 4) is 0 Å². The number of hydrogen-bond donors (Lipinski definition) is 2. The van der Waals surface area contributed by atoms with Crippen molar-refractivity contribution in [1.29, 1.82) is 0 Å². The molecule has 3 rings (SSSR count). The van der Waals surface area contributed by atoms with Gasteiger partial charge in [0, 0.05) is 32.1 Å². The van der Waals surface area contributed by atoms with Crippen LogP contribution < -0.4 is 5.32 Å². The number of imidazole rings is 1. The molecule has 0 fully saturated rings. The number of rotatable bonds is 3. The summed E-state index contributed by atoms with van der Waals surface area (Å²) in [4.78, 5) is 38.2. The zero-order valence-corrected chi connectivity index (χ0v) is 14.2. The van der Waals surface area contributed by atoms with Crippen molar-refractivity contribution >= 4 is 28.3 Å². The summed E-state index contributed by atoms with van der Waals surface area (Å²) in [5, 5.41) is 3.33. The Morgan fingerprint density at radius 2 is 2.22 bits per heavy atom. The van der Waals surface area contributed by atoms with E-state index in [0.717, 1.165) is 24.2 Å². The minimum absolute atomic E-state index is 0.0529. The number of carbonyl (C=O) groups is 2. The molecule has 0 radical (unpaired) electrons. The van der Waals surface area contributed by atoms with Crippen LogP contribution in [0.2, 0.25) is 0 Å². The van der Waals surface area contributed by atoms with Crippen LogP contribution in [0, 0.1) is 12.8 Å². The molecule has 0 bridgehead atoms. The maximum Gasteiger partial charge on any atom is 0.265 e. The fraction of sp³-hybridized carbons (Fsp3) is 0.467. The minimum atomic E-state index is -0.0971. The second kappa shape index (κ2) is 6.11. The number of aromatic nitrogens is 3. The van der Waals surface area contributed by atoms with E-state index in [1.54, 1.807) is 27.3 Å². The minimum Gasteiger partial charge on any atom is -0.348 e. The van der Waals surface area contributed by atoms with Crippen LogP contribution in [0.4, 0.5) is 5.13 Å². The van der Waals surface area contributed by atoms with E-state index < -0.39 is 0 Å². The molecule has 7 nitrogen and oxygen atoms in total. The third-order valence-corrected chi connectivity index (χ3v) is 5.05. The summed E-state index contributed by atoms with van der Waals surface area (Å²) in [6, 6.07) is 0. The van der Waals surface area contributed by atoms with Gasteiger partial charge >= 0.3 is 0 Å². The zero-order valence-electron chi connectivity index (χ0n) is 13.3. The Morgan fingerprint density at radius 3 is 2.96 bits per heavy atom. The van der Waals surface area contributed by atoms with Gasteiger partial charge in [-0.05, 0) is 19.8 Å². The van der Waals surface area contributed by atoms with E-state index in [-0.39, 0.29) is 17.7 Å². The molecule has 1 aliphatic carbocycles. The fourth-order valence-corrected chi connectivity index (χ4v) is 3.67. The van der Waals surface area contributed by atoms with Crippen molar-refractivity contribution in [2.45, 2.75) is 26.2 Å². The van der Waals surface area contributed by atoms with Gasteiger partial charge in [-0.1, -0.05) is 11.3 Å². The molecule has 0 spiro atoms. The molecular formula is C15H19N5O2S. The Morgan fingerprint density at radius 1 is 1.43 bits per heavy atom. The molecule has 1 unspecified atom stereocenters. The molecule has 0 saturated heterocycles. The number of hydrogen-bond acceptors (Lipinski definition) is 5. The third kappa shape index (κ3) is 3.12. The van der Waals surface area contributed by atoms with E-state index in [0.29, 0.717) is 22.1 Å². The van der Waals surface area contributed by atoms with Gasteiger partial charge < -0.3 is 15.2 Å². The van der Waals surface area contributed by atoms with E-state index in [1.807, 2.05) is 0 Å². The van der Waals surface area contributed by atoms with Crippen molar-refractivity contribution in [3.05, 3.63) is 28.3 Å². The van der Waals surface area contributed by atoms with Crippen molar-refractivity contribution in [1.82, 2.24) is 19.9 Å². The second-order valence-corrected chi connectivity index (χ2v) is 6.89. The molecule has 0 aliphatic heterocycles. The molecule has 2 aromatic rings. The van der Waals surface area contributed by atoms with Crippen LogP contribution in [0.5, 0.6) is 0 Å². The lowest BCUT2D eigenvalue weighted by molar-refractivity contribution is -0.120. The molecule has 0 saturated carbocycles. The molecule has 1 atom stereocenters. The third-order valence-electron chi connectivity index (χ3n) is 3.99. The summed E-state index contributed by atoms with van der Waals surface area (Å²) in [6.45, 7) is 1.78. The monoisotopic (exact) mass is 333 g/mol. The first-order chi connectivity index (χ1) is 11.0. The summed E-state index contributed by atoms with van der Waals surface area (Å²) >= 11 is 1.22. The van der Waals surface area contributed by atoms with E-state index >= 15 is 0 Å². The zero-order chi connectivity index (χ0) is 16.6. The van der Waals surface area contributed by atoms with Crippen LogP contribution in [0.15, 0.2) is 6.33 Å². The molecule has 8 heteroatoms. The van der Waals surface area contributed by atoms with Gasteiger partial charge in [0.05, 0.1) is 17.7 Å². The van der Waals surface area contributed by atoms with Gasteiger partial charge in [0.2, 0.25) is 5.91 Å². The standard InChI is InChI=1S/C15H19N5O2S/c1-8-12(14(22)20(2)3)23-15(18-8)19-13(21)9-4-5-10-11(6-9)17-7-16-10/h7,9H,4-6H2,1-3H3,(H,16,17)(H,18,19,21). The first-order valence-corrected chi connectivity index (χ1v) is 8.28. The highest BCUT2D eigenvalue weighted by Crippen LogP contribution is 2.27. The molecule has 122 valence electrons. The lowest BCUT2D eigenvalue weighted by Gasteiger charge is -2.19. The Hall–Kier alpha value is -2.22. The number of thiazole rings is 1. The van der Waals surface area contributed by atoms with Crippen LogP contribution in [0.3, 0.4) is 0 Å². The van der Waals surface area contributed by atoms with Gasteiger partial charge in [0.1, 0.15) is 4.88 Å². The SMILES string of the molecule is Cc1nc(NC(=O)C2CCc3nc[nH]c3C2)sc1C(=O)N(C)C. The molecule has 2 amide bonds. The topological polar surface area (TPSA) is 91.0 Å².